The Kier molecular flexibility index (Phi) is 9.54. The standard InChI is InChI=1S/C18H39N3/c1-6-20(7-2)12-8-9-17(5)19-18-10-13-21(14-11-18)15-16(3)4/h16-19H,6-15H2,1-5H3. The molecule has 1 unspecified atom stereocenters. The molecule has 0 aliphatic carbocycles. The zero-order valence-corrected chi connectivity index (χ0v) is 15.2. The molecule has 0 saturated carbocycles. The molecule has 1 atom stereocenters. The molecule has 1 rings (SSSR count). The van der Waals surface area contributed by atoms with Crippen LogP contribution in [0.5, 0.6) is 0 Å². The zero-order valence-electron chi connectivity index (χ0n) is 15.2. The van der Waals surface area contributed by atoms with Crippen molar-refractivity contribution in [3.05, 3.63) is 0 Å². The van der Waals surface area contributed by atoms with Crippen LogP contribution in [-0.4, -0.2) is 61.2 Å². The monoisotopic (exact) mass is 297 g/mol. The number of nitrogens with one attached hydrogen (secondary N) is 1. The first-order chi connectivity index (χ1) is 10.0. The summed E-state index contributed by atoms with van der Waals surface area (Å²) in [6, 6.07) is 1.42. The van der Waals surface area contributed by atoms with Crippen LogP contribution in [0.2, 0.25) is 0 Å². The first-order valence-electron chi connectivity index (χ1n) is 9.25. The Morgan fingerprint density at radius 2 is 1.71 bits per heavy atom. The quantitative estimate of drug-likeness (QED) is 0.668. The number of hydrogen-bond donors (Lipinski definition) is 1. The van der Waals surface area contributed by atoms with Crippen LogP contribution in [0.4, 0.5) is 0 Å². The van der Waals surface area contributed by atoms with Crippen LogP contribution in [0.3, 0.4) is 0 Å². The summed E-state index contributed by atoms with van der Waals surface area (Å²) in [6.07, 6.45) is 5.28. The van der Waals surface area contributed by atoms with Gasteiger partial charge >= 0.3 is 0 Å². The van der Waals surface area contributed by atoms with Gasteiger partial charge < -0.3 is 15.1 Å². The van der Waals surface area contributed by atoms with Gasteiger partial charge in [0.05, 0.1) is 0 Å². The van der Waals surface area contributed by atoms with Gasteiger partial charge in [-0.05, 0) is 71.2 Å². The molecular formula is C18H39N3. The highest BCUT2D eigenvalue weighted by atomic mass is 15.1. The first-order valence-corrected chi connectivity index (χ1v) is 9.25. The maximum absolute atomic E-state index is 3.86. The summed E-state index contributed by atoms with van der Waals surface area (Å²) in [5.41, 5.74) is 0. The van der Waals surface area contributed by atoms with Crippen molar-refractivity contribution in [2.75, 3.05) is 39.3 Å². The van der Waals surface area contributed by atoms with Crippen molar-refractivity contribution in [1.82, 2.24) is 15.1 Å². The van der Waals surface area contributed by atoms with E-state index in [4.69, 9.17) is 0 Å². The summed E-state index contributed by atoms with van der Waals surface area (Å²) in [5.74, 6) is 0.800. The van der Waals surface area contributed by atoms with Gasteiger partial charge in [-0.3, -0.25) is 0 Å². The van der Waals surface area contributed by atoms with Crippen molar-refractivity contribution >= 4 is 0 Å². The van der Waals surface area contributed by atoms with Crippen molar-refractivity contribution in [1.29, 1.82) is 0 Å². The number of nitrogens with zero attached hydrogens (tertiary/aromatic N) is 2. The summed E-state index contributed by atoms with van der Waals surface area (Å²) in [6.45, 7) is 19.0. The Balaban J connectivity index is 2.11. The van der Waals surface area contributed by atoms with Crippen LogP contribution in [0.25, 0.3) is 0 Å². The van der Waals surface area contributed by atoms with Crippen LogP contribution in [0.1, 0.15) is 60.3 Å². The second kappa shape index (κ2) is 10.6. The Labute approximate surface area is 133 Å². The minimum atomic E-state index is 0.669. The zero-order chi connectivity index (χ0) is 15.7. The smallest absolute Gasteiger partial charge is 0.00938 e. The summed E-state index contributed by atoms with van der Waals surface area (Å²) in [7, 11) is 0. The molecule has 0 radical (unpaired) electrons. The van der Waals surface area contributed by atoms with Crippen LogP contribution in [0, 0.1) is 5.92 Å². The van der Waals surface area contributed by atoms with Gasteiger partial charge in [0, 0.05) is 18.6 Å². The lowest BCUT2D eigenvalue weighted by molar-refractivity contribution is 0.173. The third-order valence-corrected chi connectivity index (χ3v) is 4.74. The van der Waals surface area contributed by atoms with Gasteiger partial charge in [-0.2, -0.15) is 0 Å². The van der Waals surface area contributed by atoms with E-state index < -0.39 is 0 Å². The van der Waals surface area contributed by atoms with E-state index in [1.165, 1.54) is 65.0 Å². The van der Waals surface area contributed by atoms with Gasteiger partial charge in [0.2, 0.25) is 0 Å². The lowest BCUT2D eigenvalue weighted by Crippen LogP contribution is -2.46. The maximum atomic E-state index is 3.86. The Bertz CT molecular complexity index is 243. The molecule has 0 aromatic carbocycles. The summed E-state index contributed by atoms with van der Waals surface area (Å²) >= 11 is 0. The molecule has 1 saturated heterocycles. The number of hydrogen-bond acceptors (Lipinski definition) is 3. The molecule has 126 valence electrons. The highest BCUT2D eigenvalue weighted by Gasteiger charge is 2.20. The molecule has 0 aromatic heterocycles. The molecule has 0 amide bonds. The fourth-order valence-corrected chi connectivity index (χ4v) is 3.45. The molecule has 1 N–H and O–H groups in total. The van der Waals surface area contributed by atoms with E-state index in [2.05, 4.69) is 49.7 Å². The molecule has 3 nitrogen and oxygen atoms in total. The molecule has 0 bridgehead atoms. The van der Waals surface area contributed by atoms with E-state index in [1.54, 1.807) is 0 Å². The molecule has 3 heteroatoms. The maximum Gasteiger partial charge on any atom is 0.00938 e. The Morgan fingerprint density at radius 1 is 1.10 bits per heavy atom. The average Bonchev–Trinajstić information content (AvgIpc) is 2.45. The average molecular weight is 298 g/mol. The van der Waals surface area contributed by atoms with E-state index in [9.17, 15) is 0 Å². The molecule has 1 fully saturated rings. The van der Waals surface area contributed by atoms with Crippen molar-refractivity contribution < 1.29 is 0 Å². The molecule has 0 aromatic rings. The highest BCUT2D eigenvalue weighted by Crippen LogP contribution is 2.13. The second-order valence-electron chi connectivity index (χ2n) is 7.21. The van der Waals surface area contributed by atoms with Crippen LogP contribution in [0.15, 0.2) is 0 Å². The lowest BCUT2D eigenvalue weighted by atomic mass is 10.0. The van der Waals surface area contributed by atoms with Crippen molar-refractivity contribution in [2.24, 2.45) is 5.92 Å². The predicted octanol–water partition coefficient (Wildman–Crippen LogP) is 3.21. The Morgan fingerprint density at radius 3 is 2.24 bits per heavy atom. The summed E-state index contributed by atoms with van der Waals surface area (Å²) in [4.78, 5) is 5.16. The number of rotatable bonds is 10. The summed E-state index contributed by atoms with van der Waals surface area (Å²) < 4.78 is 0. The number of piperidine rings is 1. The van der Waals surface area contributed by atoms with Crippen LogP contribution >= 0.6 is 0 Å². The molecule has 1 heterocycles. The van der Waals surface area contributed by atoms with Crippen LogP contribution in [-0.2, 0) is 0 Å². The largest absolute Gasteiger partial charge is 0.311 e. The van der Waals surface area contributed by atoms with E-state index in [1.807, 2.05) is 0 Å². The SMILES string of the molecule is CCN(CC)CCCC(C)NC1CCN(CC(C)C)CC1. The van der Waals surface area contributed by atoms with Crippen molar-refractivity contribution in [2.45, 2.75) is 72.4 Å². The molecule has 0 spiro atoms. The lowest BCUT2D eigenvalue weighted by Gasteiger charge is -2.34. The second-order valence-corrected chi connectivity index (χ2v) is 7.21. The third kappa shape index (κ3) is 8.18. The van der Waals surface area contributed by atoms with Gasteiger partial charge in [-0.25, -0.2) is 0 Å². The molecule has 1 aliphatic heterocycles. The van der Waals surface area contributed by atoms with Gasteiger partial charge in [-0.15, -0.1) is 0 Å². The molecule has 1 aliphatic rings. The molecule has 21 heavy (non-hydrogen) atoms. The minimum Gasteiger partial charge on any atom is -0.311 e. The van der Waals surface area contributed by atoms with E-state index in [0.717, 1.165) is 12.0 Å². The van der Waals surface area contributed by atoms with Gasteiger partial charge in [-0.1, -0.05) is 27.7 Å². The Hall–Kier alpha value is -0.120. The van der Waals surface area contributed by atoms with E-state index in [-0.39, 0.29) is 0 Å². The number of likely N-dealkylation sites (tertiary alicyclic amines) is 1. The van der Waals surface area contributed by atoms with Gasteiger partial charge in [0.25, 0.3) is 0 Å². The van der Waals surface area contributed by atoms with Crippen molar-refractivity contribution in [3.8, 4) is 0 Å². The van der Waals surface area contributed by atoms with Gasteiger partial charge in [0.15, 0.2) is 0 Å². The van der Waals surface area contributed by atoms with E-state index in [0.29, 0.717) is 6.04 Å². The van der Waals surface area contributed by atoms with Crippen molar-refractivity contribution in [3.63, 3.8) is 0 Å². The summed E-state index contributed by atoms with van der Waals surface area (Å²) in [5, 5.41) is 3.86. The molecular weight excluding hydrogens is 258 g/mol. The fraction of sp³-hybridized carbons (Fsp3) is 1.00. The highest BCUT2D eigenvalue weighted by molar-refractivity contribution is 4.79. The normalized spacial score (nSPS) is 19.6. The third-order valence-electron chi connectivity index (χ3n) is 4.74. The van der Waals surface area contributed by atoms with Gasteiger partial charge in [0.1, 0.15) is 0 Å². The predicted molar refractivity (Wildman–Crippen MR) is 93.9 cm³/mol. The fourth-order valence-electron chi connectivity index (χ4n) is 3.45. The topological polar surface area (TPSA) is 18.5 Å². The van der Waals surface area contributed by atoms with Crippen LogP contribution < -0.4 is 5.32 Å². The van der Waals surface area contributed by atoms with E-state index >= 15 is 0 Å². The first kappa shape index (κ1) is 18.9. The minimum absolute atomic E-state index is 0.669.